The summed E-state index contributed by atoms with van der Waals surface area (Å²) in [6.07, 6.45) is 1.44. The highest BCUT2D eigenvalue weighted by Gasteiger charge is 2.28. The summed E-state index contributed by atoms with van der Waals surface area (Å²) in [6.45, 7) is 1.42. The van der Waals surface area contributed by atoms with Crippen LogP contribution in [-0.4, -0.2) is 34.2 Å². The maximum Gasteiger partial charge on any atom is 0.298 e. The standard InChI is InChI=1S/C22H20FN5O2S2/c23-16-7-5-14(6-8-16)13-31-22-27-26-20(32-22)25-19(29)15-9-11-28(12-10-15)21-24-17-3-1-2-4-18(17)30-21/h1-8,15H,9-13H2,(H,25,26,29). The summed E-state index contributed by atoms with van der Waals surface area (Å²) in [5.41, 5.74) is 2.61. The fourth-order valence-corrected chi connectivity index (χ4v) is 5.29. The number of hydrogen-bond donors (Lipinski definition) is 1. The molecule has 7 nitrogen and oxygen atoms in total. The number of hydrogen-bond acceptors (Lipinski definition) is 8. The molecule has 164 valence electrons. The fraction of sp³-hybridized carbons (Fsp3) is 0.273. The van der Waals surface area contributed by atoms with Gasteiger partial charge in [-0.1, -0.05) is 47.4 Å². The third-order valence-corrected chi connectivity index (χ3v) is 7.37. The van der Waals surface area contributed by atoms with Gasteiger partial charge in [0.05, 0.1) is 0 Å². The molecule has 2 aromatic carbocycles. The third kappa shape index (κ3) is 4.76. The molecule has 1 fully saturated rings. The second kappa shape index (κ2) is 9.25. The van der Waals surface area contributed by atoms with Gasteiger partial charge in [-0.25, -0.2) is 4.39 Å². The minimum absolute atomic E-state index is 0.0338. The summed E-state index contributed by atoms with van der Waals surface area (Å²) < 4.78 is 19.6. The normalized spacial score (nSPS) is 14.7. The Balaban J connectivity index is 1.12. The summed E-state index contributed by atoms with van der Waals surface area (Å²) in [5.74, 6) is 0.291. The largest absolute Gasteiger partial charge is 0.423 e. The van der Waals surface area contributed by atoms with E-state index in [9.17, 15) is 9.18 Å². The van der Waals surface area contributed by atoms with Crippen LogP contribution in [-0.2, 0) is 10.5 Å². The summed E-state index contributed by atoms with van der Waals surface area (Å²) in [4.78, 5) is 19.3. The van der Waals surface area contributed by atoms with Crippen LogP contribution in [0.2, 0.25) is 0 Å². The van der Waals surface area contributed by atoms with Crippen LogP contribution in [0.3, 0.4) is 0 Å². The lowest BCUT2D eigenvalue weighted by Gasteiger charge is -2.29. The first kappa shape index (κ1) is 20.9. The van der Waals surface area contributed by atoms with Gasteiger partial charge in [-0.05, 0) is 42.7 Å². The number of rotatable bonds is 6. The summed E-state index contributed by atoms with van der Waals surface area (Å²) >= 11 is 2.86. The molecule has 1 saturated heterocycles. The van der Waals surface area contributed by atoms with Crippen LogP contribution in [0.1, 0.15) is 18.4 Å². The fourth-order valence-electron chi connectivity index (χ4n) is 3.58. The smallest absolute Gasteiger partial charge is 0.298 e. The molecule has 1 aliphatic rings. The Bertz CT molecular complexity index is 1190. The lowest BCUT2D eigenvalue weighted by Crippen LogP contribution is -2.38. The van der Waals surface area contributed by atoms with Gasteiger partial charge in [0, 0.05) is 24.8 Å². The maximum absolute atomic E-state index is 13.0. The van der Waals surface area contributed by atoms with Crippen molar-refractivity contribution in [2.75, 3.05) is 23.3 Å². The molecule has 1 aliphatic heterocycles. The van der Waals surface area contributed by atoms with Crippen molar-refractivity contribution >= 4 is 51.3 Å². The van der Waals surface area contributed by atoms with E-state index in [1.54, 1.807) is 12.1 Å². The number of thioether (sulfide) groups is 1. The second-order valence-corrected chi connectivity index (χ2v) is 9.70. The van der Waals surface area contributed by atoms with Crippen LogP contribution in [0.25, 0.3) is 11.1 Å². The minimum Gasteiger partial charge on any atom is -0.423 e. The van der Waals surface area contributed by atoms with Crippen molar-refractivity contribution in [2.24, 2.45) is 5.92 Å². The van der Waals surface area contributed by atoms with E-state index in [-0.39, 0.29) is 17.6 Å². The number of amides is 1. The predicted octanol–water partition coefficient (Wildman–Crippen LogP) is 4.97. The number of halogens is 1. The highest BCUT2D eigenvalue weighted by molar-refractivity contribution is 8.00. The Morgan fingerprint density at radius 3 is 2.72 bits per heavy atom. The Kier molecular flexibility index (Phi) is 6.04. The number of fused-ring (bicyclic) bond motifs is 1. The molecule has 2 aromatic heterocycles. The zero-order valence-electron chi connectivity index (χ0n) is 17.0. The number of benzene rings is 2. The molecule has 0 spiro atoms. The molecule has 4 aromatic rings. The molecule has 3 heterocycles. The average molecular weight is 470 g/mol. The van der Waals surface area contributed by atoms with Crippen LogP contribution in [0.5, 0.6) is 0 Å². The van der Waals surface area contributed by atoms with E-state index >= 15 is 0 Å². The predicted molar refractivity (Wildman–Crippen MR) is 123 cm³/mol. The molecular weight excluding hydrogens is 449 g/mol. The lowest BCUT2D eigenvalue weighted by atomic mass is 9.96. The van der Waals surface area contributed by atoms with Gasteiger partial charge in [-0.15, -0.1) is 10.2 Å². The number of aromatic nitrogens is 3. The van der Waals surface area contributed by atoms with Crippen molar-refractivity contribution in [1.82, 2.24) is 15.2 Å². The molecule has 0 radical (unpaired) electrons. The number of nitrogens with one attached hydrogen (secondary N) is 1. The van der Waals surface area contributed by atoms with Gasteiger partial charge in [0.25, 0.3) is 6.01 Å². The zero-order chi connectivity index (χ0) is 21.9. The van der Waals surface area contributed by atoms with Crippen molar-refractivity contribution in [3.05, 3.63) is 59.9 Å². The first-order valence-corrected chi connectivity index (χ1v) is 12.1. The van der Waals surface area contributed by atoms with E-state index < -0.39 is 0 Å². The lowest BCUT2D eigenvalue weighted by molar-refractivity contribution is -0.120. The molecule has 1 N–H and O–H groups in total. The molecule has 0 aliphatic carbocycles. The van der Waals surface area contributed by atoms with Crippen molar-refractivity contribution in [1.29, 1.82) is 0 Å². The van der Waals surface area contributed by atoms with Crippen molar-refractivity contribution in [3.8, 4) is 0 Å². The topological polar surface area (TPSA) is 84.2 Å². The molecule has 0 unspecified atom stereocenters. The molecule has 1 amide bonds. The Morgan fingerprint density at radius 2 is 1.94 bits per heavy atom. The highest BCUT2D eigenvalue weighted by Crippen LogP contribution is 2.30. The Hall–Kier alpha value is -2.98. The molecule has 5 rings (SSSR count). The zero-order valence-corrected chi connectivity index (χ0v) is 18.7. The van der Waals surface area contributed by atoms with Gasteiger partial charge in [-0.2, -0.15) is 4.98 Å². The third-order valence-electron chi connectivity index (χ3n) is 5.33. The Morgan fingerprint density at radius 1 is 1.16 bits per heavy atom. The van der Waals surface area contributed by atoms with Gasteiger partial charge >= 0.3 is 0 Å². The number of para-hydroxylation sites is 2. The number of carbonyl (C=O) groups is 1. The van der Waals surface area contributed by atoms with Gasteiger partial charge in [0.1, 0.15) is 11.3 Å². The molecule has 32 heavy (non-hydrogen) atoms. The van der Waals surface area contributed by atoms with Crippen LogP contribution in [0.4, 0.5) is 15.5 Å². The average Bonchev–Trinajstić information content (AvgIpc) is 3.45. The number of piperidine rings is 1. The Labute approximate surface area is 192 Å². The van der Waals surface area contributed by atoms with Gasteiger partial charge in [0.15, 0.2) is 9.92 Å². The van der Waals surface area contributed by atoms with Gasteiger partial charge < -0.3 is 14.6 Å². The van der Waals surface area contributed by atoms with Crippen molar-refractivity contribution in [3.63, 3.8) is 0 Å². The van der Waals surface area contributed by atoms with Crippen molar-refractivity contribution in [2.45, 2.75) is 22.9 Å². The first-order valence-electron chi connectivity index (χ1n) is 10.3. The van der Waals surface area contributed by atoms with E-state index in [0.29, 0.717) is 30.0 Å². The van der Waals surface area contributed by atoms with E-state index in [1.165, 1.54) is 35.2 Å². The second-order valence-electron chi connectivity index (χ2n) is 7.50. The van der Waals surface area contributed by atoms with Crippen molar-refractivity contribution < 1.29 is 13.6 Å². The number of oxazole rings is 1. The van der Waals surface area contributed by atoms with E-state index in [4.69, 9.17) is 4.42 Å². The van der Waals surface area contributed by atoms with Crippen LogP contribution in [0, 0.1) is 11.7 Å². The molecule has 0 saturated carbocycles. The molecule has 0 atom stereocenters. The number of anilines is 2. The summed E-state index contributed by atoms with van der Waals surface area (Å²) in [7, 11) is 0. The summed E-state index contributed by atoms with van der Waals surface area (Å²) in [5, 5.41) is 11.6. The molecule has 10 heteroatoms. The van der Waals surface area contributed by atoms with E-state index in [2.05, 4.69) is 25.4 Å². The molecule has 0 bridgehead atoms. The van der Waals surface area contributed by atoms with Gasteiger partial charge in [-0.3, -0.25) is 4.79 Å². The SMILES string of the molecule is O=C(Nc1nnc(SCc2ccc(F)cc2)s1)C1CCN(c2nc3ccccc3o2)CC1. The van der Waals surface area contributed by atoms with Gasteiger partial charge in [0.2, 0.25) is 11.0 Å². The maximum atomic E-state index is 13.0. The molecular formula is C22H20FN5O2S2. The number of carbonyl (C=O) groups excluding carboxylic acids is 1. The van der Waals surface area contributed by atoms with E-state index in [1.807, 2.05) is 24.3 Å². The number of nitrogens with zero attached hydrogens (tertiary/aromatic N) is 4. The first-order chi connectivity index (χ1) is 15.6. The quantitative estimate of drug-likeness (QED) is 0.315. The minimum atomic E-state index is -0.251. The monoisotopic (exact) mass is 469 g/mol. The van der Waals surface area contributed by atoms with Crippen LogP contribution in [0.15, 0.2) is 57.3 Å². The summed E-state index contributed by atoms with van der Waals surface area (Å²) in [6, 6.07) is 14.7. The van der Waals surface area contributed by atoms with E-state index in [0.717, 1.165) is 33.8 Å². The van der Waals surface area contributed by atoms with Crippen LogP contribution < -0.4 is 10.2 Å². The highest BCUT2D eigenvalue weighted by atomic mass is 32.2. The van der Waals surface area contributed by atoms with Crippen LogP contribution >= 0.6 is 23.1 Å².